The number of aryl methyl sites for hydroxylation is 1. The number of fused-ring (bicyclic) bond motifs is 1. The van der Waals surface area contributed by atoms with Crippen LogP contribution in [0.2, 0.25) is 0 Å². The highest BCUT2D eigenvalue weighted by molar-refractivity contribution is 8.01. The smallest absolute Gasteiger partial charge is 0.223 e. The van der Waals surface area contributed by atoms with Gasteiger partial charge in [-0.2, -0.15) is 0 Å². The Bertz CT molecular complexity index is 814. The van der Waals surface area contributed by atoms with E-state index in [1.54, 1.807) is 0 Å². The van der Waals surface area contributed by atoms with Crippen molar-refractivity contribution in [2.45, 2.75) is 24.6 Å². The number of carbonyl (C=O) groups excluding carboxylic acids is 2. The number of rotatable bonds is 4. The molecular weight excluding hydrogens is 332 g/mol. The van der Waals surface area contributed by atoms with Gasteiger partial charge in [-0.1, -0.05) is 34.7 Å². The molecule has 1 aliphatic heterocycles. The molecule has 2 heterocycles. The number of anilines is 1. The van der Waals surface area contributed by atoms with Gasteiger partial charge in [-0.25, -0.2) is 0 Å². The van der Waals surface area contributed by atoms with E-state index >= 15 is 0 Å². The van der Waals surface area contributed by atoms with Gasteiger partial charge in [0.05, 0.1) is 12.1 Å². The van der Waals surface area contributed by atoms with E-state index in [4.69, 9.17) is 0 Å². The summed E-state index contributed by atoms with van der Waals surface area (Å²) >= 11 is 2.77. The molecule has 0 fully saturated rings. The first-order valence-corrected chi connectivity index (χ1v) is 8.75. The summed E-state index contributed by atoms with van der Waals surface area (Å²) in [6, 6.07) is 5.72. The zero-order chi connectivity index (χ0) is 16.4. The maximum absolute atomic E-state index is 12.2. The van der Waals surface area contributed by atoms with Crippen LogP contribution in [0.4, 0.5) is 10.8 Å². The number of Topliss-reactive ketones (excluding diaryl/α,β-unsaturated/α-hetero) is 1. The van der Waals surface area contributed by atoms with Gasteiger partial charge in [0.2, 0.25) is 11.0 Å². The molecule has 0 bridgehead atoms. The highest BCUT2D eigenvalue weighted by atomic mass is 32.2. The van der Waals surface area contributed by atoms with E-state index in [9.17, 15) is 9.59 Å². The molecule has 1 N–H and O–H groups in total. The van der Waals surface area contributed by atoms with Gasteiger partial charge < -0.3 is 5.32 Å². The van der Waals surface area contributed by atoms with Crippen molar-refractivity contribution in [3.05, 3.63) is 29.3 Å². The number of thioether (sulfide) groups is 1. The number of carbonyl (C=O) groups is 2. The van der Waals surface area contributed by atoms with Crippen LogP contribution in [0.3, 0.4) is 0 Å². The number of benzene rings is 1. The lowest BCUT2D eigenvalue weighted by atomic mass is 9.99. The van der Waals surface area contributed by atoms with Crippen LogP contribution in [-0.2, 0) is 4.79 Å². The second kappa shape index (κ2) is 6.59. The summed E-state index contributed by atoms with van der Waals surface area (Å²) in [5.41, 5.74) is 3.32. The number of aromatic nitrogens is 2. The number of hydrogen-bond donors (Lipinski definition) is 1. The van der Waals surface area contributed by atoms with Crippen LogP contribution < -0.4 is 5.32 Å². The molecule has 2 aromatic rings. The monoisotopic (exact) mass is 346 g/mol. The lowest BCUT2D eigenvalue weighted by Crippen LogP contribution is -2.15. The second-order valence-electron chi connectivity index (χ2n) is 5.14. The molecule has 1 aliphatic rings. The largest absolute Gasteiger partial charge is 0.301 e. The molecule has 118 valence electrons. The van der Waals surface area contributed by atoms with Gasteiger partial charge >= 0.3 is 0 Å². The van der Waals surface area contributed by atoms with Crippen LogP contribution in [0.15, 0.2) is 27.5 Å². The Labute approximate surface area is 141 Å². The lowest BCUT2D eigenvalue weighted by molar-refractivity contribution is -0.114. The van der Waals surface area contributed by atoms with Gasteiger partial charge in [0.15, 0.2) is 10.1 Å². The SMILES string of the molecule is CC(=O)Nc1nnc(SCC2=Nc3ccc(C)cc3C(=O)C2)s1. The van der Waals surface area contributed by atoms with Crippen molar-refractivity contribution in [1.82, 2.24) is 10.2 Å². The predicted molar refractivity (Wildman–Crippen MR) is 92.2 cm³/mol. The second-order valence-corrected chi connectivity index (χ2v) is 7.34. The number of ketones is 1. The van der Waals surface area contributed by atoms with E-state index in [2.05, 4.69) is 20.5 Å². The summed E-state index contributed by atoms with van der Waals surface area (Å²) in [6.07, 6.45) is 0.334. The van der Waals surface area contributed by atoms with E-state index < -0.39 is 0 Å². The van der Waals surface area contributed by atoms with Crippen LogP contribution in [-0.4, -0.2) is 33.4 Å². The first kappa shape index (κ1) is 15.8. The molecule has 0 aliphatic carbocycles. The molecule has 1 aromatic heterocycles. The summed E-state index contributed by atoms with van der Waals surface area (Å²) < 4.78 is 0.735. The van der Waals surface area contributed by atoms with E-state index in [1.807, 2.05) is 25.1 Å². The van der Waals surface area contributed by atoms with Crippen molar-refractivity contribution in [2.24, 2.45) is 4.99 Å². The fourth-order valence-corrected chi connectivity index (χ4v) is 3.89. The quantitative estimate of drug-likeness (QED) is 0.678. The zero-order valence-electron chi connectivity index (χ0n) is 12.6. The standard InChI is InChI=1S/C15H14N4O2S2/c1-8-3-4-12-11(5-8)13(21)6-10(17-12)7-22-15-19-18-14(23-15)16-9(2)20/h3-5H,6-7H2,1-2H3,(H,16,18,20). The number of nitrogens with zero attached hydrogens (tertiary/aromatic N) is 3. The molecule has 3 rings (SSSR count). The summed E-state index contributed by atoms with van der Waals surface area (Å²) in [5.74, 6) is 0.505. The van der Waals surface area contributed by atoms with Crippen LogP contribution in [0.25, 0.3) is 0 Å². The van der Waals surface area contributed by atoms with Crippen LogP contribution in [0.5, 0.6) is 0 Å². The molecule has 0 spiro atoms. The average molecular weight is 346 g/mol. The summed E-state index contributed by atoms with van der Waals surface area (Å²) in [5, 5.41) is 11.0. The Morgan fingerprint density at radius 2 is 2.22 bits per heavy atom. The molecule has 1 amide bonds. The van der Waals surface area contributed by atoms with Gasteiger partial charge in [-0.05, 0) is 19.1 Å². The first-order chi connectivity index (χ1) is 11.0. The average Bonchev–Trinajstić information content (AvgIpc) is 2.92. The van der Waals surface area contributed by atoms with Crippen molar-refractivity contribution < 1.29 is 9.59 Å². The Morgan fingerprint density at radius 1 is 1.39 bits per heavy atom. The summed E-state index contributed by atoms with van der Waals surface area (Å²) in [6.45, 7) is 3.39. The molecule has 0 radical (unpaired) electrons. The van der Waals surface area contributed by atoms with Crippen LogP contribution in [0, 0.1) is 6.92 Å². The van der Waals surface area contributed by atoms with Crippen molar-refractivity contribution in [1.29, 1.82) is 0 Å². The molecule has 23 heavy (non-hydrogen) atoms. The first-order valence-electron chi connectivity index (χ1n) is 6.95. The fourth-order valence-electron chi connectivity index (χ4n) is 2.16. The Hall–Kier alpha value is -2.06. The Balaban J connectivity index is 1.69. The van der Waals surface area contributed by atoms with Crippen molar-refractivity contribution in [3.63, 3.8) is 0 Å². The van der Waals surface area contributed by atoms with E-state index in [-0.39, 0.29) is 11.7 Å². The fraction of sp³-hybridized carbons (Fsp3) is 0.267. The van der Waals surface area contributed by atoms with Crippen molar-refractivity contribution in [3.8, 4) is 0 Å². The van der Waals surface area contributed by atoms with Crippen LogP contribution in [0.1, 0.15) is 29.3 Å². The summed E-state index contributed by atoms with van der Waals surface area (Å²) in [4.78, 5) is 27.8. The Kier molecular flexibility index (Phi) is 4.53. The van der Waals surface area contributed by atoms with Crippen molar-refractivity contribution in [2.75, 3.05) is 11.1 Å². The highest BCUT2D eigenvalue weighted by Gasteiger charge is 2.20. The predicted octanol–water partition coefficient (Wildman–Crippen LogP) is 3.26. The zero-order valence-corrected chi connectivity index (χ0v) is 14.3. The van der Waals surface area contributed by atoms with E-state index in [0.29, 0.717) is 22.9 Å². The molecule has 6 nitrogen and oxygen atoms in total. The van der Waals surface area contributed by atoms with Crippen LogP contribution >= 0.6 is 23.1 Å². The molecule has 0 atom stereocenters. The lowest BCUT2D eigenvalue weighted by Gasteiger charge is -2.14. The molecule has 1 aromatic carbocycles. The topological polar surface area (TPSA) is 84.3 Å². The highest BCUT2D eigenvalue weighted by Crippen LogP contribution is 2.30. The van der Waals surface area contributed by atoms with E-state index in [0.717, 1.165) is 21.3 Å². The third-order valence-electron chi connectivity index (χ3n) is 3.15. The minimum Gasteiger partial charge on any atom is -0.301 e. The number of hydrogen-bond acceptors (Lipinski definition) is 7. The number of nitrogens with one attached hydrogen (secondary N) is 1. The van der Waals surface area contributed by atoms with Gasteiger partial charge in [0, 0.05) is 24.0 Å². The maximum Gasteiger partial charge on any atom is 0.223 e. The van der Waals surface area contributed by atoms with Gasteiger partial charge in [-0.3, -0.25) is 14.6 Å². The van der Waals surface area contributed by atoms with Gasteiger partial charge in [0.1, 0.15) is 0 Å². The molecule has 0 saturated carbocycles. The third kappa shape index (κ3) is 3.83. The summed E-state index contributed by atoms with van der Waals surface area (Å²) in [7, 11) is 0. The minimum absolute atomic E-state index is 0.102. The molecule has 0 unspecified atom stereocenters. The Morgan fingerprint density at radius 3 is 3.00 bits per heavy atom. The van der Waals surface area contributed by atoms with Crippen molar-refractivity contribution >= 4 is 51.3 Å². The number of aliphatic imine (C=N–C) groups is 1. The molecular formula is C15H14N4O2S2. The normalized spacial score (nSPS) is 13.5. The van der Waals surface area contributed by atoms with Gasteiger partial charge in [0.25, 0.3) is 0 Å². The molecule has 0 saturated heterocycles. The number of amides is 1. The third-order valence-corrected chi connectivity index (χ3v) is 5.19. The molecule has 8 heteroatoms. The van der Waals surface area contributed by atoms with Gasteiger partial charge in [-0.15, -0.1) is 10.2 Å². The maximum atomic E-state index is 12.2. The van der Waals surface area contributed by atoms with E-state index in [1.165, 1.54) is 30.0 Å². The minimum atomic E-state index is -0.174.